The number of carbonyl (C=O) groups excluding carboxylic acids is 2. The number of esters is 1. The van der Waals surface area contributed by atoms with E-state index in [1.165, 1.54) is 12.1 Å². The van der Waals surface area contributed by atoms with Gasteiger partial charge >= 0.3 is 5.97 Å². The number of amides is 1. The molecular formula is C20H24FNO3. The average molecular weight is 345 g/mol. The van der Waals surface area contributed by atoms with Crippen LogP contribution in [0.4, 0.5) is 10.1 Å². The fourth-order valence-electron chi connectivity index (χ4n) is 4.95. The highest BCUT2D eigenvalue weighted by Gasteiger charge is 2.76. The van der Waals surface area contributed by atoms with Crippen LogP contribution in [0.2, 0.25) is 0 Å². The molecule has 0 radical (unpaired) electrons. The van der Waals surface area contributed by atoms with Gasteiger partial charge < -0.3 is 9.64 Å². The van der Waals surface area contributed by atoms with Crippen molar-refractivity contribution in [2.24, 2.45) is 10.8 Å². The van der Waals surface area contributed by atoms with Gasteiger partial charge in [-0.25, -0.2) is 4.39 Å². The summed E-state index contributed by atoms with van der Waals surface area (Å²) in [6, 6.07) is 4.55. The molecule has 1 amide bonds. The van der Waals surface area contributed by atoms with E-state index in [2.05, 4.69) is 0 Å². The molecule has 3 aliphatic rings. The Morgan fingerprint density at radius 3 is 2.60 bits per heavy atom. The fourth-order valence-corrected chi connectivity index (χ4v) is 4.95. The molecule has 1 aromatic carbocycles. The molecule has 0 N–H and O–H groups in total. The van der Waals surface area contributed by atoms with Gasteiger partial charge in [0, 0.05) is 17.1 Å². The minimum atomic E-state index is -1.13. The number of anilines is 1. The third kappa shape index (κ3) is 1.81. The van der Waals surface area contributed by atoms with Gasteiger partial charge in [0.25, 0.3) is 5.91 Å². The van der Waals surface area contributed by atoms with Crippen molar-refractivity contribution in [3.63, 3.8) is 0 Å². The van der Waals surface area contributed by atoms with E-state index in [-0.39, 0.29) is 23.7 Å². The molecule has 3 atom stereocenters. The zero-order valence-corrected chi connectivity index (χ0v) is 15.2. The molecule has 2 fully saturated rings. The first-order valence-electron chi connectivity index (χ1n) is 9.00. The van der Waals surface area contributed by atoms with Crippen LogP contribution in [0.15, 0.2) is 18.2 Å². The predicted molar refractivity (Wildman–Crippen MR) is 91.6 cm³/mol. The monoisotopic (exact) mass is 345 g/mol. The number of ether oxygens (including phenoxy) is 1. The maximum atomic E-state index is 13.7. The van der Waals surface area contributed by atoms with E-state index < -0.39 is 16.4 Å². The van der Waals surface area contributed by atoms with Crippen LogP contribution in [0.5, 0.6) is 0 Å². The highest BCUT2D eigenvalue weighted by atomic mass is 19.1. The molecule has 5 heteroatoms. The molecule has 1 aromatic rings. The van der Waals surface area contributed by atoms with Gasteiger partial charge in [-0.3, -0.25) is 9.59 Å². The van der Waals surface area contributed by atoms with Gasteiger partial charge in [-0.2, -0.15) is 0 Å². The molecular weight excluding hydrogens is 321 g/mol. The number of fused-ring (bicyclic) bond motifs is 3. The van der Waals surface area contributed by atoms with Crippen LogP contribution in [0.25, 0.3) is 0 Å². The van der Waals surface area contributed by atoms with Crippen molar-refractivity contribution in [3.8, 4) is 0 Å². The first-order valence-corrected chi connectivity index (χ1v) is 9.00. The summed E-state index contributed by atoms with van der Waals surface area (Å²) in [6.07, 6.45) is 2.71. The number of benzene rings is 1. The molecule has 1 saturated carbocycles. The van der Waals surface area contributed by atoms with E-state index in [0.717, 1.165) is 24.1 Å². The molecule has 0 unspecified atom stereocenters. The Morgan fingerprint density at radius 2 is 2.00 bits per heavy atom. The zero-order chi connectivity index (χ0) is 18.2. The number of hydrogen-bond acceptors (Lipinski definition) is 3. The second kappa shape index (κ2) is 4.83. The highest BCUT2D eigenvalue weighted by Crippen LogP contribution is 2.66. The molecule has 4 rings (SSSR count). The van der Waals surface area contributed by atoms with E-state index in [4.69, 9.17) is 4.74 Å². The number of rotatable bonds is 1. The minimum Gasteiger partial charge on any atom is -0.448 e. The normalized spacial score (nSPS) is 35.5. The van der Waals surface area contributed by atoms with Crippen molar-refractivity contribution in [1.29, 1.82) is 0 Å². The molecule has 2 bridgehead atoms. The molecule has 1 aliphatic carbocycles. The number of carbonyl (C=O) groups is 2. The van der Waals surface area contributed by atoms with E-state index in [9.17, 15) is 14.0 Å². The van der Waals surface area contributed by atoms with E-state index in [1.807, 2.05) is 27.7 Å². The standard InChI is InChI=1S/C20H24FNO3/c1-12-5-6-13-11-14(21)7-8-15(13)22(12)16(23)20-10-9-19(4,17(24)25-20)18(20,2)3/h7-8,11-12H,5-6,9-10H2,1-4H3/t12-,19+,20+/m0/s1. The summed E-state index contributed by atoms with van der Waals surface area (Å²) in [4.78, 5) is 27.9. The highest BCUT2D eigenvalue weighted by molar-refractivity contribution is 6.05. The van der Waals surface area contributed by atoms with Crippen LogP contribution in [-0.4, -0.2) is 23.5 Å². The van der Waals surface area contributed by atoms with Gasteiger partial charge in [-0.05, 0) is 63.3 Å². The van der Waals surface area contributed by atoms with Gasteiger partial charge in [-0.15, -0.1) is 0 Å². The summed E-state index contributed by atoms with van der Waals surface area (Å²) in [5, 5.41) is 0. The van der Waals surface area contributed by atoms with Crippen molar-refractivity contribution in [3.05, 3.63) is 29.6 Å². The lowest BCUT2D eigenvalue weighted by Gasteiger charge is -2.43. The van der Waals surface area contributed by atoms with Crippen LogP contribution in [0, 0.1) is 16.6 Å². The van der Waals surface area contributed by atoms with Gasteiger partial charge in [0.05, 0.1) is 5.41 Å². The Kier molecular flexibility index (Phi) is 3.20. The van der Waals surface area contributed by atoms with Gasteiger partial charge in [-0.1, -0.05) is 13.8 Å². The maximum absolute atomic E-state index is 13.7. The first-order chi connectivity index (χ1) is 11.6. The summed E-state index contributed by atoms with van der Waals surface area (Å²) < 4.78 is 19.4. The molecule has 0 aromatic heterocycles. The van der Waals surface area contributed by atoms with Crippen molar-refractivity contribution in [2.45, 2.75) is 65.0 Å². The third-order valence-electron chi connectivity index (χ3n) is 7.22. The minimum absolute atomic E-state index is 0.0122. The Balaban J connectivity index is 1.81. The van der Waals surface area contributed by atoms with Crippen molar-refractivity contribution in [1.82, 2.24) is 0 Å². The summed E-state index contributed by atoms with van der Waals surface area (Å²) in [5.74, 6) is -0.729. The largest absolute Gasteiger partial charge is 0.448 e. The summed E-state index contributed by atoms with van der Waals surface area (Å²) >= 11 is 0. The zero-order valence-electron chi connectivity index (χ0n) is 15.2. The first kappa shape index (κ1) is 16.6. The average Bonchev–Trinajstić information content (AvgIpc) is 2.85. The number of nitrogens with zero attached hydrogens (tertiary/aromatic N) is 1. The van der Waals surface area contributed by atoms with Crippen LogP contribution < -0.4 is 4.90 Å². The third-order valence-corrected chi connectivity index (χ3v) is 7.22. The molecule has 0 spiro atoms. The quantitative estimate of drug-likeness (QED) is 0.731. The molecule has 25 heavy (non-hydrogen) atoms. The Morgan fingerprint density at radius 1 is 1.28 bits per heavy atom. The molecule has 1 saturated heterocycles. The lowest BCUT2D eigenvalue weighted by atomic mass is 9.66. The topological polar surface area (TPSA) is 46.6 Å². The van der Waals surface area contributed by atoms with E-state index >= 15 is 0 Å². The number of halogens is 1. The number of aryl methyl sites for hydroxylation is 1. The summed E-state index contributed by atoms with van der Waals surface area (Å²) in [7, 11) is 0. The molecule has 2 heterocycles. The fraction of sp³-hybridized carbons (Fsp3) is 0.600. The molecule has 2 aliphatic heterocycles. The van der Waals surface area contributed by atoms with Crippen LogP contribution in [0.3, 0.4) is 0 Å². The SMILES string of the molecule is C[C@H]1CCc2cc(F)ccc2N1C(=O)[C@@]12CC[C@](C)(C(=O)O1)C2(C)C. The van der Waals surface area contributed by atoms with Crippen LogP contribution in [0.1, 0.15) is 52.5 Å². The van der Waals surface area contributed by atoms with Gasteiger partial charge in [0.15, 0.2) is 5.60 Å². The van der Waals surface area contributed by atoms with Crippen LogP contribution in [-0.2, 0) is 20.7 Å². The van der Waals surface area contributed by atoms with Crippen molar-refractivity contribution in [2.75, 3.05) is 4.90 Å². The Labute approximate surface area is 147 Å². The van der Waals surface area contributed by atoms with Crippen molar-refractivity contribution >= 4 is 17.6 Å². The van der Waals surface area contributed by atoms with E-state index in [0.29, 0.717) is 12.8 Å². The Hall–Kier alpha value is -1.91. The maximum Gasteiger partial charge on any atom is 0.313 e. The second-order valence-electron chi connectivity index (χ2n) is 8.51. The van der Waals surface area contributed by atoms with Gasteiger partial charge in [0.2, 0.25) is 0 Å². The number of hydrogen-bond donors (Lipinski definition) is 0. The Bertz CT molecular complexity index is 789. The molecule has 4 nitrogen and oxygen atoms in total. The lowest BCUT2D eigenvalue weighted by molar-refractivity contribution is -0.167. The van der Waals surface area contributed by atoms with Crippen LogP contribution >= 0.6 is 0 Å². The van der Waals surface area contributed by atoms with E-state index in [1.54, 1.807) is 11.0 Å². The smallest absolute Gasteiger partial charge is 0.313 e. The molecule has 134 valence electrons. The van der Waals surface area contributed by atoms with Gasteiger partial charge in [0.1, 0.15) is 5.82 Å². The predicted octanol–water partition coefficient (Wildman–Crippen LogP) is 3.62. The van der Waals surface area contributed by atoms with Crippen molar-refractivity contribution < 1.29 is 18.7 Å². The lowest BCUT2D eigenvalue weighted by Crippen LogP contribution is -2.58. The summed E-state index contributed by atoms with van der Waals surface area (Å²) in [6.45, 7) is 7.82. The second-order valence-corrected chi connectivity index (χ2v) is 8.51. The summed E-state index contributed by atoms with van der Waals surface area (Å²) in [5.41, 5.74) is -0.757.